The van der Waals surface area contributed by atoms with E-state index in [2.05, 4.69) is 27.1 Å². The molecule has 0 bridgehead atoms. The number of rotatable bonds is 4. The maximum atomic E-state index is 13.3. The molecule has 3 aromatic rings. The van der Waals surface area contributed by atoms with Crippen LogP contribution in [0.2, 0.25) is 0 Å². The standard InChI is InChI=1S/C28H26N4O5/c1-32-24-15-18(9-11-28(36)16-37-17-28)5-6-20(24)7-8-22(27(32)35)31-26(34)23-14-19(10-12-29-23)13-21-3-2-4-25(33)30-21/h2-6,10,12,14-15,22,36H,7-8,13,16-17H2,1H3,(H,30,33)(H,31,34)/t22-/m0/s1. The van der Waals surface area contributed by atoms with Crippen molar-refractivity contribution in [1.29, 1.82) is 0 Å². The van der Waals surface area contributed by atoms with Gasteiger partial charge in [0.15, 0.2) is 5.60 Å². The van der Waals surface area contributed by atoms with Crippen LogP contribution < -0.4 is 15.8 Å². The summed E-state index contributed by atoms with van der Waals surface area (Å²) in [6, 6.07) is 13.3. The fourth-order valence-corrected chi connectivity index (χ4v) is 4.39. The van der Waals surface area contributed by atoms with Crippen LogP contribution in [0, 0.1) is 11.8 Å². The highest BCUT2D eigenvalue weighted by atomic mass is 16.5. The van der Waals surface area contributed by atoms with E-state index in [1.165, 1.54) is 17.2 Å². The summed E-state index contributed by atoms with van der Waals surface area (Å²) in [6.07, 6.45) is 3.01. The lowest BCUT2D eigenvalue weighted by Gasteiger charge is -2.30. The number of hydrogen-bond acceptors (Lipinski definition) is 6. The Labute approximate surface area is 213 Å². The van der Waals surface area contributed by atoms with E-state index >= 15 is 0 Å². The molecule has 0 spiro atoms. The summed E-state index contributed by atoms with van der Waals surface area (Å²) in [6.45, 7) is 0.377. The molecule has 1 saturated heterocycles. The van der Waals surface area contributed by atoms with E-state index in [4.69, 9.17) is 4.74 Å². The number of aromatic amines is 1. The van der Waals surface area contributed by atoms with Crippen molar-refractivity contribution in [3.63, 3.8) is 0 Å². The van der Waals surface area contributed by atoms with Gasteiger partial charge in [0.2, 0.25) is 11.5 Å². The van der Waals surface area contributed by atoms with Crippen LogP contribution in [0.4, 0.5) is 5.69 Å². The van der Waals surface area contributed by atoms with Gasteiger partial charge in [-0.05, 0) is 54.3 Å². The van der Waals surface area contributed by atoms with Gasteiger partial charge in [0.25, 0.3) is 5.91 Å². The van der Waals surface area contributed by atoms with Crippen molar-refractivity contribution in [3.8, 4) is 11.8 Å². The first-order valence-electron chi connectivity index (χ1n) is 12.0. The molecule has 9 nitrogen and oxygen atoms in total. The summed E-state index contributed by atoms with van der Waals surface area (Å²) in [5.41, 5.74) is 2.81. The molecule has 0 radical (unpaired) electrons. The minimum atomic E-state index is -1.12. The molecule has 3 N–H and O–H groups in total. The SMILES string of the molecule is CN1C(=O)[C@@H](NC(=O)c2cc(Cc3cccc(=O)[nH]3)ccn2)CCc2ccc(C#CC3(O)COC3)cc21. The average molecular weight is 499 g/mol. The molecule has 2 amide bonds. The number of nitrogens with zero attached hydrogens (tertiary/aromatic N) is 2. The van der Waals surface area contributed by atoms with Crippen LogP contribution in [-0.2, 0) is 22.4 Å². The lowest BCUT2D eigenvalue weighted by molar-refractivity contribution is -0.140. The minimum absolute atomic E-state index is 0.189. The van der Waals surface area contributed by atoms with E-state index in [0.717, 1.165) is 22.5 Å². The zero-order valence-corrected chi connectivity index (χ0v) is 20.3. The Kier molecular flexibility index (Phi) is 6.61. The molecule has 37 heavy (non-hydrogen) atoms. The van der Waals surface area contributed by atoms with Gasteiger partial charge in [-0.1, -0.05) is 24.0 Å². The number of aryl methyl sites for hydroxylation is 1. The van der Waals surface area contributed by atoms with Crippen molar-refractivity contribution in [2.75, 3.05) is 25.2 Å². The van der Waals surface area contributed by atoms with Gasteiger partial charge in [-0.2, -0.15) is 0 Å². The predicted octanol–water partition coefficient (Wildman–Crippen LogP) is 1.18. The second kappa shape index (κ2) is 10.0. The molecular formula is C28H26N4O5. The van der Waals surface area contributed by atoms with Gasteiger partial charge < -0.3 is 25.0 Å². The second-order valence-corrected chi connectivity index (χ2v) is 9.35. The molecule has 0 saturated carbocycles. The number of fused-ring (bicyclic) bond motifs is 1. The van der Waals surface area contributed by atoms with Crippen LogP contribution in [0.1, 0.15) is 39.3 Å². The zero-order valence-electron chi connectivity index (χ0n) is 20.3. The summed E-state index contributed by atoms with van der Waals surface area (Å²) in [5, 5.41) is 13.0. The van der Waals surface area contributed by atoms with E-state index in [1.807, 2.05) is 18.2 Å². The number of aromatic nitrogens is 2. The summed E-state index contributed by atoms with van der Waals surface area (Å²) in [4.78, 5) is 46.3. The Balaban J connectivity index is 1.29. The van der Waals surface area contributed by atoms with E-state index < -0.39 is 17.6 Å². The van der Waals surface area contributed by atoms with Gasteiger partial charge in [0.1, 0.15) is 11.7 Å². The molecule has 9 heteroatoms. The minimum Gasteiger partial charge on any atom is -0.373 e. The first-order chi connectivity index (χ1) is 17.8. The van der Waals surface area contributed by atoms with Crippen LogP contribution in [0.25, 0.3) is 0 Å². The van der Waals surface area contributed by atoms with Crippen LogP contribution in [0.5, 0.6) is 0 Å². The van der Waals surface area contributed by atoms with Crippen molar-refractivity contribution in [3.05, 3.63) is 93.2 Å². The zero-order chi connectivity index (χ0) is 26.0. The fourth-order valence-electron chi connectivity index (χ4n) is 4.39. The van der Waals surface area contributed by atoms with E-state index in [-0.39, 0.29) is 30.4 Å². The number of pyridine rings is 2. The van der Waals surface area contributed by atoms with Gasteiger partial charge in [0.05, 0.1) is 13.2 Å². The second-order valence-electron chi connectivity index (χ2n) is 9.35. The van der Waals surface area contributed by atoms with Crippen LogP contribution in [0.3, 0.4) is 0 Å². The third-order valence-corrected chi connectivity index (χ3v) is 6.48. The topological polar surface area (TPSA) is 125 Å². The normalized spacial score (nSPS) is 18.1. The Morgan fingerprint density at radius 3 is 2.84 bits per heavy atom. The lowest BCUT2D eigenvalue weighted by atomic mass is 10.0. The van der Waals surface area contributed by atoms with Crippen molar-refractivity contribution in [2.45, 2.75) is 30.9 Å². The number of carbonyl (C=O) groups excluding carboxylic acids is 2. The number of nitrogens with one attached hydrogen (secondary N) is 2. The highest BCUT2D eigenvalue weighted by Crippen LogP contribution is 2.27. The Bertz CT molecular complexity index is 1480. The Hall–Kier alpha value is -4.26. The number of amides is 2. The summed E-state index contributed by atoms with van der Waals surface area (Å²) < 4.78 is 5.02. The molecule has 1 fully saturated rings. The van der Waals surface area contributed by atoms with Crippen molar-refractivity contribution < 1.29 is 19.4 Å². The monoisotopic (exact) mass is 498 g/mol. The number of ether oxygens (including phenoxy) is 1. The average Bonchev–Trinajstić information content (AvgIpc) is 2.98. The van der Waals surface area contributed by atoms with Crippen molar-refractivity contribution in [1.82, 2.24) is 15.3 Å². The van der Waals surface area contributed by atoms with Crippen molar-refractivity contribution >= 4 is 17.5 Å². The predicted molar refractivity (Wildman–Crippen MR) is 136 cm³/mol. The summed E-state index contributed by atoms with van der Waals surface area (Å²) in [5.74, 6) is 5.12. The largest absolute Gasteiger partial charge is 0.373 e. The summed E-state index contributed by atoms with van der Waals surface area (Å²) in [7, 11) is 1.68. The number of hydrogen-bond donors (Lipinski definition) is 3. The van der Waals surface area contributed by atoms with Crippen LogP contribution >= 0.6 is 0 Å². The maximum Gasteiger partial charge on any atom is 0.270 e. The molecular weight excluding hydrogens is 472 g/mol. The number of carbonyl (C=O) groups is 2. The molecule has 4 heterocycles. The molecule has 2 aliphatic rings. The van der Waals surface area contributed by atoms with Gasteiger partial charge in [-0.25, -0.2) is 0 Å². The fraction of sp³-hybridized carbons (Fsp3) is 0.286. The quantitative estimate of drug-likeness (QED) is 0.464. The summed E-state index contributed by atoms with van der Waals surface area (Å²) >= 11 is 0. The van der Waals surface area contributed by atoms with Crippen LogP contribution in [-0.4, -0.2) is 58.8 Å². The third-order valence-electron chi connectivity index (χ3n) is 6.48. The van der Waals surface area contributed by atoms with Gasteiger partial charge in [-0.3, -0.25) is 19.4 Å². The van der Waals surface area contributed by atoms with Gasteiger partial charge in [-0.15, -0.1) is 0 Å². The Morgan fingerprint density at radius 2 is 2.08 bits per heavy atom. The molecule has 5 rings (SSSR count). The van der Waals surface area contributed by atoms with Gasteiger partial charge in [0, 0.05) is 42.7 Å². The first-order valence-corrected chi connectivity index (χ1v) is 12.0. The van der Waals surface area contributed by atoms with Crippen LogP contribution in [0.15, 0.2) is 59.5 Å². The molecule has 188 valence electrons. The highest BCUT2D eigenvalue weighted by Gasteiger charge is 2.34. The van der Waals surface area contributed by atoms with E-state index in [0.29, 0.717) is 24.8 Å². The number of likely N-dealkylation sites (N-methyl/N-ethyl adjacent to an activating group) is 1. The number of aliphatic hydroxyl groups is 1. The van der Waals surface area contributed by atoms with Crippen molar-refractivity contribution in [2.24, 2.45) is 0 Å². The molecule has 0 aliphatic carbocycles. The first kappa shape index (κ1) is 24.4. The van der Waals surface area contributed by atoms with Gasteiger partial charge >= 0.3 is 0 Å². The third kappa shape index (κ3) is 5.45. The molecule has 2 aromatic heterocycles. The molecule has 2 aliphatic heterocycles. The smallest absolute Gasteiger partial charge is 0.270 e. The lowest BCUT2D eigenvalue weighted by Crippen LogP contribution is -2.48. The number of anilines is 1. The molecule has 0 unspecified atom stereocenters. The molecule has 1 atom stereocenters. The number of benzene rings is 1. The number of H-pyrrole nitrogens is 1. The Morgan fingerprint density at radius 1 is 1.24 bits per heavy atom. The highest BCUT2D eigenvalue weighted by molar-refractivity contribution is 6.02. The molecule has 1 aromatic carbocycles. The van der Waals surface area contributed by atoms with E-state index in [1.54, 1.807) is 31.3 Å². The van der Waals surface area contributed by atoms with E-state index in [9.17, 15) is 19.5 Å². The maximum absolute atomic E-state index is 13.3.